The second-order valence-electron chi connectivity index (χ2n) is 7.12. The van der Waals surface area contributed by atoms with Gasteiger partial charge in [-0.05, 0) is 51.7 Å². The van der Waals surface area contributed by atoms with E-state index in [2.05, 4.69) is 45.4 Å². The minimum Gasteiger partial charge on any atom is -0.399 e. The van der Waals surface area contributed by atoms with Crippen LogP contribution >= 0.6 is 0 Å². The number of benzene rings is 1. The normalized spacial score (nSPS) is 19.8. The van der Waals surface area contributed by atoms with Gasteiger partial charge in [-0.3, -0.25) is 4.68 Å². The van der Waals surface area contributed by atoms with Crippen LogP contribution in [0.25, 0.3) is 16.5 Å². The van der Waals surface area contributed by atoms with Gasteiger partial charge in [0.2, 0.25) is 0 Å². The first-order chi connectivity index (χ1) is 10.1. The Balaban J connectivity index is 2.07. The third kappa shape index (κ3) is 2.20. The molecule has 0 radical (unpaired) electrons. The maximum Gasteiger partial charge on any atom is 0.494 e. The summed E-state index contributed by atoms with van der Waals surface area (Å²) in [5.74, 6) is 0. The predicted octanol–water partition coefficient (Wildman–Crippen LogP) is 2.91. The number of nitrogens with zero attached hydrogens (tertiary/aromatic N) is 2. The fraction of sp³-hybridized carbons (Fsp3) is 0.471. The van der Waals surface area contributed by atoms with Crippen molar-refractivity contribution in [1.29, 1.82) is 0 Å². The lowest BCUT2D eigenvalue weighted by atomic mass is 9.78. The molecule has 5 heteroatoms. The average molecular weight is 298 g/mol. The van der Waals surface area contributed by atoms with Crippen LogP contribution in [0.5, 0.6) is 0 Å². The standard InChI is InChI=1S/C17H23BN2O2/c1-11(2)15-13-10-12(8-9-14(13)19-20(15)7)18-21-16(3,4)17(5,6)22-18/h8-10H,1H2,2-7H3. The van der Waals surface area contributed by atoms with E-state index in [1.165, 1.54) is 0 Å². The van der Waals surface area contributed by atoms with Crippen molar-refractivity contribution in [2.45, 2.75) is 45.8 Å². The van der Waals surface area contributed by atoms with Crippen LogP contribution in [0.1, 0.15) is 40.3 Å². The molecule has 3 rings (SSSR count). The number of hydrogen-bond acceptors (Lipinski definition) is 3. The molecule has 0 aliphatic carbocycles. The molecule has 1 aromatic heterocycles. The van der Waals surface area contributed by atoms with Crippen LogP contribution in [0.4, 0.5) is 0 Å². The molecule has 0 unspecified atom stereocenters. The number of aromatic nitrogens is 2. The van der Waals surface area contributed by atoms with Crippen LogP contribution in [-0.4, -0.2) is 28.1 Å². The first-order valence-corrected chi connectivity index (χ1v) is 7.60. The Bertz CT molecular complexity index is 745. The Labute approximate surface area is 132 Å². The van der Waals surface area contributed by atoms with Gasteiger partial charge in [0.15, 0.2) is 0 Å². The Kier molecular flexibility index (Phi) is 3.27. The van der Waals surface area contributed by atoms with E-state index in [1.807, 2.05) is 30.8 Å². The third-order valence-electron chi connectivity index (χ3n) is 4.79. The number of allylic oxidation sites excluding steroid dienone is 1. The number of aryl methyl sites for hydroxylation is 1. The molecule has 0 spiro atoms. The summed E-state index contributed by atoms with van der Waals surface area (Å²) in [7, 11) is 1.59. The average Bonchev–Trinajstić information content (AvgIpc) is 2.81. The van der Waals surface area contributed by atoms with E-state index in [0.29, 0.717) is 0 Å². The van der Waals surface area contributed by atoms with Gasteiger partial charge in [-0.25, -0.2) is 0 Å². The quantitative estimate of drug-likeness (QED) is 0.800. The lowest BCUT2D eigenvalue weighted by Crippen LogP contribution is -2.41. The van der Waals surface area contributed by atoms with Crippen LogP contribution in [-0.2, 0) is 16.4 Å². The minimum absolute atomic E-state index is 0.335. The molecule has 4 nitrogen and oxygen atoms in total. The lowest BCUT2D eigenvalue weighted by Gasteiger charge is -2.32. The fourth-order valence-electron chi connectivity index (χ4n) is 2.85. The van der Waals surface area contributed by atoms with Gasteiger partial charge in [0.1, 0.15) is 0 Å². The van der Waals surface area contributed by atoms with Gasteiger partial charge in [0.05, 0.1) is 22.4 Å². The largest absolute Gasteiger partial charge is 0.494 e. The summed E-state index contributed by atoms with van der Waals surface area (Å²) in [5.41, 5.74) is 3.35. The zero-order chi connectivity index (χ0) is 16.3. The molecule has 22 heavy (non-hydrogen) atoms. The SMILES string of the molecule is C=C(C)c1c2cc(B3OC(C)(C)C(C)(C)O3)ccc2nn1C. The van der Waals surface area contributed by atoms with E-state index >= 15 is 0 Å². The highest BCUT2D eigenvalue weighted by molar-refractivity contribution is 6.62. The molecule has 0 atom stereocenters. The lowest BCUT2D eigenvalue weighted by molar-refractivity contribution is 0.00578. The maximum absolute atomic E-state index is 6.13. The minimum atomic E-state index is -0.354. The molecular weight excluding hydrogens is 275 g/mol. The summed E-state index contributed by atoms with van der Waals surface area (Å²) in [6.07, 6.45) is 0. The van der Waals surface area contributed by atoms with Crippen molar-refractivity contribution in [3.05, 3.63) is 30.5 Å². The Hall–Kier alpha value is -1.59. The summed E-state index contributed by atoms with van der Waals surface area (Å²) in [5, 5.41) is 5.62. The molecule has 2 heterocycles. The van der Waals surface area contributed by atoms with Crippen molar-refractivity contribution in [1.82, 2.24) is 9.78 Å². The maximum atomic E-state index is 6.13. The van der Waals surface area contributed by atoms with Gasteiger partial charge in [-0.2, -0.15) is 5.10 Å². The topological polar surface area (TPSA) is 36.3 Å². The van der Waals surface area contributed by atoms with Crippen molar-refractivity contribution in [3.63, 3.8) is 0 Å². The second kappa shape index (κ2) is 4.70. The highest BCUT2D eigenvalue weighted by Gasteiger charge is 2.51. The molecule has 0 saturated carbocycles. The van der Waals surface area contributed by atoms with Crippen molar-refractivity contribution < 1.29 is 9.31 Å². The van der Waals surface area contributed by atoms with Gasteiger partial charge in [-0.15, -0.1) is 0 Å². The monoisotopic (exact) mass is 298 g/mol. The predicted molar refractivity (Wildman–Crippen MR) is 91.1 cm³/mol. The molecule has 1 saturated heterocycles. The van der Waals surface area contributed by atoms with E-state index in [-0.39, 0.29) is 18.3 Å². The van der Waals surface area contributed by atoms with Gasteiger partial charge >= 0.3 is 7.12 Å². The van der Waals surface area contributed by atoms with E-state index in [1.54, 1.807) is 0 Å². The summed E-state index contributed by atoms with van der Waals surface area (Å²) in [6.45, 7) is 14.3. The van der Waals surface area contributed by atoms with Gasteiger partial charge in [0, 0.05) is 12.4 Å². The Morgan fingerprint density at radius 1 is 1.18 bits per heavy atom. The van der Waals surface area contributed by atoms with Crippen LogP contribution < -0.4 is 5.46 Å². The number of hydrogen-bond donors (Lipinski definition) is 0. The summed E-state index contributed by atoms with van der Waals surface area (Å²) >= 11 is 0. The zero-order valence-corrected chi connectivity index (χ0v) is 14.2. The van der Waals surface area contributed by atoms with Crippen LogP contribution in [0.15, 0.2) is 24.8 Å². The molecule has 0 amide bonds. The molecule has 116 valence electrons. The van der Waals surface area contributed by atoms with Crippen molar-refractivity contribution in [2.24, 2.45) is 7.05 Å². The number of rotatable bonds is 2. The first-order valence-electron chi connectivity index (χ1n) is 7.60. The van der Waals surface area contributed by atoms with Crippen molar-refractivity contribution in [3.8, 4) is 0 Å². The molecule has 1 aromatic carbocycles. The van der Waals surface area contributed by atoms with Crippen LogP contribution in [0, 0.1) is 0 Å². The molecule has 0 N–H and O–H groups in total. The Morgan fingerprint density at radius 3 is 2.32 bits per heavy atom. The highest BCUT2D eigenvalue weighted by Crippen LogP contribution is 2.36. The van der Waals surface area contributed by atoms with E-state index in [9.17, 15) is 0 Å². The second-order valence-corrected chi connectivity index (χ2v) is 7.12. The fourth-order valence-corrected chi connectivity index (χ4v) is 2.85. The van der Waals surface area contributed by atoms with E-state index in [4.69, 9.17) is 9.31 Å². The molecule has 0 bridgehead atoms. The number of fused-ring (bicyclic) bond motifs is 1. The molecular formula is C17H23BN2O2. The van der Waals surface area contributed by atoms with Crippen LogP contribution in [0.3, 0.4) is 0 Å². The Morgan fingerprint density at radius 2 is 1.77 bits per heavy atom. The van der Waals surface area contributed by atoms with Gasteiger partial charge in [0.25, 0.3) is 0 Å². The summed E-state index contributed by atoms with van der Waals surface area (Å²) in [4.78, 5) is 0. The van der Waals surface area contributed by atoms with Crippen molar-refractivity contribution in [2.75, 3.05) is 0 Å². The molecule has 1 aliphatic heterocycles. The zero-order valence-electron chi connectivity index (χ0n) is 14.2. The molecule has 1 fully saturated rings. The summed E-state index contributed by atoms with van der Waals surface area (Å²) < 4.78 is 14.1. The van der Waals surface area contributed by atoms with Crippen LogP contribution in [0.2, 0.25) is 0 Å². The molecule has 1 aliphatic rings. The molecule has 2 aromatic rings. The van der Waals surface area contributed by atoms with E-state index in [0.717, 1.165) is 27.6 Å². The third-order valence-corrected chi connectivity index (χ3v) is 4.79. The highest BCUT2D eigenvalue weighted by atomic mass is 16.7. The van der Waals surface area contributed by atoms with Gasteiger partial charge < -0.3 is 9.31 Å². The smallest absolute Gasteiger partial charge is 0.399 e. The van der Waals surface area contributed by atoms with Gasteiger partial charge in [-0.1, -0.05) is 18.7 Å². The van der Waals surface area contributed by atoms with Crippen molar-refractivity contribution >= 4 is 29.1 Å². The first kappa shape index (κ1) is 15.3. The summed E-state index contributed by atoms with van der Waals surface area (Å²) in [6, 6.07) is 6.15. The van der Waals surface area contributed by atoms with E-state index < -0.39 is 0 Å².